The van der Waals surface area contributed by atoms with E-state index in [2.05, 4.69) is 31.8 Å². The van der Waals surface area contributed by atoms with E-state index < -0.39 is 0 Å². The minimum absolute atomic E-state index is 0.268. The highest BCUT2D eigenvalue weighted by Crippen LogP contribution is 2.19. The smallest absolute Gasteiger partial charge is 0.231 e. The summed E-state index contributed by atoms with van der Waals surface area (Å²) in [6, 6.07) is 0.426. The molecule has 0 radical (unpaired) electrons. The summed E-state index contributed by atoms with van der Waals surface area (Å²) >= 11 is 0. The maximum atomic E-state index is 5.77. The molecule has 2 heterocycles. The van der Waals surface area contributed by atoms with Crippen LogP contribution in [0.2, 0.25) is 0 Å². The summed E-state index contributed by atoms with van der Waals surface area (Å²) < 4.78 is 0. The summed E-state index contributed by atoms with van der Waals surface area (Å²) in [7, 11) is 7.96. The standard InChI is InChI=1S/C12H23N7/c1-17(2)11-14-10(13)15-12(16-11)19(4)9-6-5-7-18(3)8-9/h9H,5-8H2,1-4H3,(H2,13,14,15,16). The van der Waals surface area contributed by atoms with Crippen LogP contribution >= 0.6 is 0 Å². The third-order valence-electron chi connectivity index (χ3n) is 3.49. The fraction of sp³-hybridized carbons (Fsp3) is 0.750. The number of hydrogen-bond donors (Lipinski definition) is 1. The average molecular weight is 265 g/mol. The number of nitrogens with zero attached hydrogens (tertiary/aromatic N) is 6. The third kappa shape index (κ3) is 3.23. The first-order valence-electron chi connectivity index (χ1n) is 6.57. The van der Waals surface area contributed by atoms with E-state index in [1.54, 1.807) is 0 Å². The van der Waals surface area contributed by atoms with Crippen LogP contribution in [0.4, 0.5) is 17.8 Å². The summed E-state index contributed by atoms with van der Waals surface area (Å²) in [4.78, 5) is 19.1. The minimum Gasteiger partial charge on any atom is -0.368 e. The number of hydrogen-bond acceptors (Lipinski definition) is 7. The van der Waals surface area contributed by atoms with Crippen molar-refractivity contribution in [3.05, 3.63) is 0 Å². The Morgan fingerprint density at radius 3 is 2.47 bits per heavy atom. The van der Waals surface area contributed by atoms with Gasteiger partial charge in [0.15, 0.2) is 0 Å². The molecule has 1 aliphatic heterocycles. The molecular weight excluding hydrogens is 242 g/mol. The number of rotatable bonds is 3. The highest BCUT2D eigenvalue weighted by molar-refractivity contribution is 5.42. The van der Waals surface area contributed by atoms with Crippen molar-refractivity contribution < 1.29 is 0 Å². The van der Waals surface area contributed by atoms with Gasteiger partial charge in [-0.05, 0) is 26.4 Å². The molecule has 0 aromatic carbocycles. The van der Waals surface area contributed by atoms with Crippen LogP contribution in [-0.4, -0.2) is 67.2 Å². The lowest BCUT2D eigenvalue weighted by atomic mass is 10.1. The molecule has 0 saturated carbocycles. The molecule has 1 aliphatic rings. The first kappa shape index (κ1) is 13.8. The Kier molecular flexibility index (Phi) is 4.04. The second-order valence-electron chi connectivity index (χ2n) is 5.36. The maximum absolute atomic E-state index is 5.77. The van der Waals surface area contributed by atoms with Gasteiger partial charge in [0.25, 0.3) is 0 Å². The molecule has 106 valence electrons. The zero-order chi connectivity index (χ0) is 14.0. The Labute approximate surface area is 114 Å². The van der Waals surface area contributed by atoms with Crippen molar-refractivity contribution in [3.8, 4) is 0 Å². The van der Waals surface area contributed by atoms with Gasteiger partial charge in [-0.1, -0.05) is 0 Å². The summed E-state index contributed by atoms with van der Waals surface area (Å²) in [5, 5.41) is 0. The first-order chi connectivity index (χ1) is 8.97. The quantitative estimate of drug-likeness (QED) is 0.827. The van der Waals surface area contributed by atoms with E-state index in [4.69, 9.17) is 5.73 Å². The number of anilines is 3. The Morgan fingerprint density at radius 2 is 1.84 bits per heavy atom. The number of nitrogens with two attached hydrogens (primary N) is 1. The molecule has 7 heteroatoms. The minimum atomic E-state index is 0.268. The van der Waals surface area contributed by atoms with Gasteiger partial charge in [-0.25, -0.2) is 0 Å². The molecule has 0 amide bonds. The first-order valence-corrected chi connectivity index (χ1v) is 6.57. The highest BCUT2D eigenvalue weighted by atomic mass is 15.3. The van der Waals surface area contributed by atoms with Gasteiger partial charge in [0.1, 0.15) is 0 Å². The Balaban J connectivity index is 2.20. The van der Waals surface area contributed by atoms with Crippen LogP contribution in [0, 0.1) is 0 Å². The Bertz CT molecular complexity index is 434. The second-order valence-corrected chi connectivity index (χ2v) is 5.36. The molecule has 7 nitrogen and oxygen atoms in total. The molecule has 1 aromatic heterocycles. The number of piperidine rings is 1. The molecule has 0 spiro atoms. The summed E-state index contributed by atoms with van der Waals surface area (Å²) in [6.07, 6.45) is 2.36. The molecule has 1 saturated heterocycles. The van der Waals surface area contributed by atoms with Crippen LogP contribution in [0.15, 0.2) is 0 Å². The molecule has 2 rings (SSSR count). The van der Waals surface area contributed by atoms with Crippen LogP contribution in [0.5, 0.6) is 0 Å². The SMILES string of the molecule is CN1CCCC(N(C)c2nc(N)nc(N(C)C)n2)C1. The highest BCUT2D eigenvalue weighted by Gasteiger charge is 2.23. The monoisotopic (exact) mass is 265 g/mol. The van der Waals surface area contributed by atoms with Crippen LogP contribution in [-0.2, 0) is 0 Å². The van der Waals surface area contributed by atoms with E-state index in [0.717, 1.165) is 19.5 Å². The van der Waals surface area contributed by atoms with Crippen LogP contribution < -0.4 is 15.5 Å². The van der Waals surface area contributed by atoms with Gasteiger partial charge in [0, 0.05) is 33.7 Å². The van der Waals surface area contributed by atoms with Gasteiger partial charge in [0.05, 0.1) is 0 Å². The summed E-state index contributed by atoms with van der Waals surface area (Å²) in [5.74, 6) is 1.51. The summed E-state index contributed by atoms with van der Waals surface area (Å²) in [6.45, 7) is 2.19. The van der Waals surface area contributed by atoms with Crippen molar-refractivity contribution in [3.63, 3.8) is 0 Å². The number of likely N-dealkylation sites (N-methyl/N-ethyl adjacent to an activating group) is 2. The Morgan fingerprint density at radius 1 is 1.16 bits per heavy atom. The largest absolute Gasteiger partial charge is 0.368 e. The van der Waals surface area contributed by atoms with Gasteiger partial charge in [-0.3, -0.25) is 0 Å². The zero-order valence-electron chi connectivity index (χ0n) is 12.2. The second kappa shape index (κ2) is 5.56. The van der Waals surface area contributed by atoms with Crippen LogP contribution in [0.25, 0.3) is 0 Å². The van der Waals surface area contributed by atoms with Gasteiger partial charge >= 0.3 is 0 Å². The van der Waals surface area contributed by atoms with E-state index in [1.807, 2.05) is 26.0 Å². The fourth-order valence-electron chi connectivity index (χ4n) is 2.35. The van der Waals surface area contributed by atoms with Gasteiger partial charge in [-0.15, -0.1) is 0 Å². The van der Waals surface area contributed by atoms with Crippen molar-refractivity contribution in [2.45, 2.75) is 18.9 Å². The Hall–Kier alpha value is -1.63. The molecule has 0 aliphatic carbocycles. The molecule has 1 unspecified atom stereocenters. The molecule has 1 aromatic rings. The van der Waals surface area contributed by atoms with Crippen LogP contribution in [0.1, 0.15) is 12.8 Å². The summed E-state index contributed by atoms with van der Waals surface area (Å²) in [5.41, 5.74) is 5.77. The van der Waals surface area contributed by atoms with Crippen molar-refractivity contribution in [2.24, 2.45) is 0 Å². The topological polar surface area (TPSA) is 74.4 Å². The fourth-order valence-corrected chi connectivity index (χ4v) is 2.35. The normalized spacial score (nSPS) is 20.3. The van der Waals surface area contributed by atoms with Crippen molar-refractivity contribution in [1.82, 2.24) is 19.9 Å². The van der Waals surface area contributed by atoms with E-state index in [0.29, 0.717) is 17.9 Å². The van der Waals surface area contributed by atoms with Crippen molar-refractivity contribution >= 4 is 17.8 Å². The number of aromatic nitrogens is 3. The molecule has 1 fully saturated rings. The van der Waals surface area contributed by atoms with Gasteiger partial charge in [-0.2, -0.15) is 15.0 Å². The van der Waals surface area contributed by atoms with Gasteiger partial charge < -0.3 is 20.4 Å². The predicted octanol–water partition coefficient (Wildman–Crippen LogP) is 0.0502. The van der Waals surface area contributed by atoms with E-state index >= 15 is 0 Å². The van der Waals surface area contributed by atoms with Gasteiger partial charge in [0.2, 0.25) is 17.8 Å². The van der Waals surface area contributed by atoms with Crippen molar-refractivity contribution in [2.75, 3.05) is 56.8 Å². The lowest BCUT2D eigenvalue weighted by Crippen LogP contribution is -2.45. The van der Waals surface area contributed by atoms with E-state index in [1.165, 1.54) is 6.42 Å². The molecule has 0 bridgehead atoms. The molecule has 2 N–H and O–H groups in total. The predicted molar refractivity (Wildman–Crippen MR) is 77.5 cm³/mol. The lowest BCUT2D eigenvalue weighted by molar-refractivity contribution is 0.247. The maximum Gasteiger partial charge on any atom is 0.231 e. The molecular formula is C12H23N7. The number of nitrogen functional groups attached to an aromatic ring is 1. The van der Waals surface area contributed by atoms with Crippen molar-refractivity contribution in [1.29, 1.82) is 0 Å². The van der Waals surface area contributed by atoms with Crippen LogP contribution in [0.3, 0.4) is 0 Å². The lowest BCUT2D eigenvalue weighted by Gasteiger charge is -2.35. The van der Waals surface area contributed by atoms with E-state index in [-0.39, 0.29) is 5.95 Å². The zero-order valence-corrected chi connectivity index (χ0v) is 12.2. The third-order valence-corrected chi connectivity index (χ3v) is 3.49. The average Bonchev–Trinajstić information content (AvgIpc) is 2.37. The molecule has 1 atom stereocenters. The number of likely N-dealkylation sites (tertiary alicyclic amines) is 1. The van der Waals surface area contributed by atoms with E-state index in [9.17, 15) is 0 Å². The molecule has 19 heavy (non-hydrogen) atoms.